The van der Waals surface area contributed by atoms with Gasteiger partial charge >= 0.3 is 0 Å². The van der Waals surface area contributed by atoms with Crippen molar-refractivity contribution in [3.8, 4) is 5.75 Å². The van der Waals surface area contributed by atoms with Gasteiger partial charge in [0.1, 0.15) is 5.75 Å². The molecule has 0 fully saturated rings. The van der Waals surface area contributed by atoms with Crippen LogP contribution in [0.4, 0.5) is 0 Å². The van der Waals surface area contributed by atoms with Gasteiger partial charge < -0.3 is 9.64 Å². The molecule has 3 heteroatoms. The summed E-state index contributed by atoms with van der Waals surface area (Å²) in [7, 11) is 6.06. The van der Waals surface area contributed by atoms with Gasteiger partial charge in [-0.05, 0) is 74.2 Å². The molecule has 134 valence electrons. The SMILES string of the molecule is COc1cccc(C2Cc3nc4ccccc4cc3CC2CN(C)C)c1. The molecule has 26 heavy (non-hydrogen) atoms. The standard InChI is InChI=1S/C23H26N2O/c1-25(2)15-19-12-18-11-17-7-4-5-10-22(17)24-23(18)14-21(19)16-8-6-9-20(13-16)26-3/h4-11,13,19,21H,12,14-15H2,1-3H3. The summed E-state index contributed by atoms with van der Waals surface area (Å²) in [4.78, 5) is 7.31. The van der Waals surface area contributed by atoms with Crippen LogP contribution in [-0.4, -0.2) is 37.6 Å². The third-order valence-corrected chi connectivity index (χ3v) is 5.48. The van der Waals surface area contributed by atoms with Gasteiger partial charge in [-0.1, -0.05) is 30.3 Å². The van der Waals surface area contributed by atoms with E-state index in [0.29, 0.717) is 11.8 Å². The molecule has 1 aromatic heterocycles. The molecular weight excluding hydrogens is 320 g/mol. The van der Waals surface area contributed by atoms with Crippen LogP contribution in [0.25, 0.3) is 10.9 Å². The summed E-state index contributed by atoms with van der Waals surface area (Å²) in [5, 5.41) is 1.25. The fraction of sp³-hybridized carbons (Fsp3) is 0.348. The molecule has 1 aliphatic carbocycles. The number of para-hydroxylation sites is 1. The van der Waals surface area contributed by atoms with Crippen LogP contribution >= 0.6 is 0 Å². The van der Waals surface area contributed by atoms with Gasteiger partial charge in [-0.2, -0.15) is 0 Å². The second kappa shape index (κ2) is 7.08. The zero-order valence-electron chi connectivity index (χ0n) is 15.8. The van der Waals surface area contributed by atoms with Crippen molar-refractivity contribution in [3.05, 3.63) is 71.4 Å². The van der Waals surface area contributed by atoms with Crippen molar-refractivity contribution in [1.29, 1.82) is 0 Å². The molecule has 0 radical (unpaired) electrons. The number of fused-ring (bicyclic) bond motifs is 2. The fourth-order valence-electron chi connectivity index (χ4n) is 4.28. The van der Waals surface area contributed by atoms with E-state index in [9.17, 15) is 0 Å². The second-order valence-electron chi connectivity index (χ2n) is 7.60. The zero-order chi connectivity index (χ0) is 18.1. The average Bonchev–Trinajstić information content (AvgIpc) is 2.65. The number of hydrogen-bond acceptors (Lipinski definition) is 3. The van der Waals surface area contributed by atoms with Crippen molar-refractivity contribution < 1.29 is 4.74 Å². The Balaban J connectivity index is 1.76. The van der Waals surface area contributed by atoms with E-state index in [1.165, 1.54) is 22.2 Å². The first-order valence-corrected chi connectivity index (χ1v) is 9.30. The highest BCUT2D eigenvalue weighted by Gasteiger charge is 2.31. The summed E-state index contributed by atoms with van der Waals surface area (Å²) in [5.74, 6) is 1.98. The fourth-order valence-corrected chi connectivity index (χ4v) is 4.28. The van der Waals surface area contributed by atoms with E-state index >= 15 is 0 Å². The molecule has 2 atom stereocenters. The monoisotopic (exact) mass is 346 g/mol. The van der Waals surface area contributed by atoms with Gasteiger partial charge in [0.05, 0.1) is 12.6 Å². The summed E-state index contributed by atoms with van der Waals surface area (Å²) in [6.45, 7) is 1.08. The highest BCUT2D eigenvalue weighted by molar-refractivity contribution is 5.79. The molecule has 0 spiro atoms. The maximum atomic E-state index is 5.46. The molecule has 0 N–H and O–H groups in total. The molecule has 0 bridgehead atoms. The molecule has 0 saturated carbocycles. The molecule has 1 aliphatic rings. The largest absolute Gasteiger partial charge is 0.497 e. The normalized spacial score (nSPS) is 19.5. The van der Waals surface area contributed by atoms with E-state index in [1.54, 1.807) is 7.11 Å². The number of aromatic nitrogens is 1. The highest BCUT2D eigenvalue weighted by Crippen LogP contribution is 2.38. The number of nitrogens with zero attached hydrogens (tertiary/aromatic N) is 2. The van der Waals surface area contributed by atoms with Gasteiger partial charge in [-0.15, -0.1) is 0 Å². The van der Waals surface area contributed by atoms with Crippen LogP contribution in [0.5, 0.6) is 5.75 Å². The number of methoxy groups -OCH3 is 1. The molecule has 2 aromatic carbocycles. The van der Waals surface area contributed by atoms with E-state index in [4.69, 9.17) is 9.72 Å². The number of pyridine rings is 1. The van der Waals surface area contributed by atoms with Crippen LogP contribution < -0.4 is 4.74 Å². The minimum absolute atomic E-state index is 0.466. The molecular formula is C23H26N2O. The predicted octanol–water partition coefficient (Wildman–Crippen LogP) is 4.30. The lowest BCUT2D eigenvalue weighted by Gasteiger charge is -2.35. The molecule has 0 amide bonds. The van der Waals surface area contributed by atoms with E-state index in [1.807, 2.05) is 6.07 Å². The Hall–Kier alpha value is -2.39. The van der Waals surface area contributed by atoms with Crippen molar-refractivity contribution in [2.45, 2.75) is 18.8 Å². The topological polar surface area (TPSA) is 25.4 Å². The van der Waals surface area contributed by atoms with Gasteiger partial charge in [0.25, 0.3) is 0 Å². The van der Waals surface area contributed by atoms with Gasteiger partial charge in [0.2, 0.25) is 0 Å². The van der Waals surface area contributed by atoms with Crippen molar-refractivity contribution >= 4 is 10.9 Å². The Labute approximate surface area is 155 Å². The van der Waals surface area contributed by atoms with E-state index in [2.05, 4.69) is 67.5 Å². The van der Waals surface area contributed by atoms with E-state index < -0.39 is 0 Å². The third-order valence-electron chi connectivity index (χ3n) is 5.48. The second-order valence-corrected chi connectivity index (χ2v) is 7.60. The molecule has 0 aliphatic heterocycles. The quantitative estimate of drug-likeness (QED) is 0.704. The van der Waals surface area contributed by atoms with Crippen molar-refractivity contribution in [2.24, 2.45) is 5.92 Å². The molecule has 0 saturated heterocycles. The van der Waals surface area contributed by atoms with Gasteiger partial charge in [-0.25, -0.2) is 0 Å². The minimum Gasteiger partial charge on any atom is -0.497 e. The average molecular weight is 346 g/mol. The molecule has 3 nitrogen and oxygen atoms in total. The Bertz CT molecular complexity index is 919. The summed E-state index contributed by atoms with van der Waals surface area (Å²) in [5.41, 5.74) is 5.12. The number of benzene rings is 2. The number of ether oxygens (including phenoxy) is 1. The summed E-state index contributed by atoms with van der Waals surface area (Å²) in [6.07, 6.45) is 2.07. The van der Waals surface area contributed by atoms with Crippen LogP contribution in [0.2, 0.25) is 0 Å². The lowest BCUT2D eigenvalue weighted by Crippen LogP contribution is -2.33. The van der Waals surface area contributed by atoms with Crippen LogP contribution in [0, 0.1) is 5.92 Å². The molecule has 2 unspecified atom stereocenters. The van der Waals surface area contributed by atoms with Crippen molar-refractivity contribution in [2.75, 3.05) is 27.7 Å². The third kappa shape index (κ3) is 3.32. The minimum atomic E-state index is 0.466. The van der Waals surface area contributed by atoms with Crippen LogP contribution in [0.15, 0.2) is 54.6 Å². The maximum absolute atomic E-state index is 5.46. The van der Waals surface area contributed by atoms with Crippen LogP contribution in [0.3, 0.4) is 0 Å². The Morgan fingerprint density at radius 1 is 1.04 bits per heavy atom. The highest BCUT2D eigenvalue weighted by atomic mass is 16.5. The first-order valence-electron chi connectivity index (χ1n) is 9.30. The van der Waals surface area contributed by atoms with Crippen LogP contribution in [0.1, 0.15) is 22.7 Å². The Morgan fingerprint density at radius 3 is 2.69 bits per heavy atom. The predicted molar refractivity (Wildman–Crippen MR) is 107 cm³/mol. The van der Waals surface area contributed by atoms with Crippen molar-refractivity contribution in [1.82, 2.24) is 9.88 Å². The van der Waals surface area contributed by atoms with E-state index in [0.717, 1.165) is 30.7 Å². The van der Waals surface area contributed by atoms with E-state index in [-0.39, 0.29) is 0 Å². The first kappa shape index (κ1) is 17.0. The first-order chi connectivity index (χ1) is 12.6. The van der Waals surface area contributed by atoms with Gasteiger partial charge in [0.15, 0.2) is 0 Å². The lowest BCUT2D eigenvalue weighted by atomic mass is 9.74. The van der Waals surface area contributed by atoms with Crippen molar-refractivity contribution in [3.63, 3.8) is 0 Å². The van der Waals surface area contributed by atoms with Gasteiger partial charge in [0, 0.05) is 17.6 Å². The zero-order valence-corrected chi connectivity index (χ0v) is 15.8. The number of rotatable bonds is 4. The molecule has 1 heterocycles. The smallest absolute Gasteiger partial charge is 0.119 e. The Morgan fingerprint density at radius 2 is 1.88 bits per heavy atom. The Kier molecular flexibility index (Phi) is 4.64. The summed E-state index contributed by atoms with van der Waals surface area (Å²) < 4.78 is 5.46. The van der Waals surface area contributed by atoms with Crippen LogP contribution in [-0.2, 0) is 12.8 Å². The molecule has 4 rings (SSSR count). The number of hydrogen-bond donors (Lipinski definition) is 0. The molecule has 3 aromatic rings. The summed E-state index contributed by atoms with van der Waals surface area (Å²) >= 11 is 0. The summed E-state index contributed by atoms with van der Waals surface area (Å²) in [6, 6.07) is 19.3. The lowest BCUT2D eigenvalue weighted by molar-refractivity contribution is 0.274. The van der Waals surface area contributed by atoms with Gasteiger partial charge in [-0.3, -0.25) is 4.98 Å². The maximum Gasteiger partial charge on any atom is 0.119 e.